The number of rotatable bonds is 8. The Morgan fingerprint density at radius 3 is 2.34 bits per heavy atom. The standard InChI is InChI=1S/C24H32N2O5S/c1-18-7-5-6-8-21(18)17-32(28,29)26-13-11-20(12-14-26)24(27)25(2)16-19-9-10-22(30-3)23(15-19)31-4/h5-10,15,20H,11-14,16-17H2,1-4H3. The van der Waals surface area contributed by atoms with Gasteiger partial charge in [-0.3, -0.25) is 4.79 Å². The number of sulfonamides is 1. The van der Waals surface area contributed by atoms with Crippen molar-refractivity contribution >= 4 is 15.9 Å². The molecule has 1 heterocycles. The zero-order valence-corrected chi connectivity index (χ0v) is 20.0. The maximum atomic E-state index is 13.0. The van der Waals surface area contributed by atoms with E-state index in [1.54, 1.807) is 26.2 Å². The van der Waals surface area contributed by atoms with Gasteiger partial charge in [0.25, 0.3) is 0 Å². The molecule has 0 aromatic heterocycles. The second-order valence-electron chi connectivity index (χ2n) is 8.24. The minimum Gasteiger partial charge on any atom is -0.493 e. The summed E-state index contributed by atoms with van der Waals surface area (Å²) < 4.78 is 37.9. The number of ether oxygens (including phenoxy) is 2. The van der Waals surface area contributed by atoms with Crippen LogP contribution in [0.4, 0.5) is 0 Å². The summed E-state index contributed by atoms with van der Waals surface area (Å²) in [5.74, 6) is 1.13. The molecule has 0 spiro atoms. The Balaban J connectivity index is 1.57. The van der Waals surface area contributed by atoms with Crippen LogP contribution in [0, 0.1) is 12.8 Å². The summed E-state index contributed by atoms with van der Waals surface area (Å²) in [6, 6.07) is 13.1. The molecular formula is C24H32N2O5S. The first-order chi connectivity index (χ1) is 15.2. The van der Waals surface area contributed by atoms with E-state index >= 15 is 0 Å². The van der Waals surface area contributed by atoms with Crippen molar-refractivity contribution in [2.45, 2.75) is 32.1 Å². The lowest BCUT2D eigenvalue weighted by atomic mass is 9.96. The van der Waals surface area contributed by atoms with Gasteiger partial charge in [0.05, 0.1) is 20.0 Å². The van der Waals surface area contributed by atoms with Gasteiger partial charge in [-0.2, -0.15) is 0 Å². The van der Waals surface area contributed by atoms with Crippen LogP contribution in [0.2, 0.25) is 0 Å². The van der Waals surface area contributed by atoms with Gasteiger partial charge in [0.1, 0.15) is 0 Å². The third-order valence-electron chi connectivity index (χ3n) is 6.04. The van der Waals surface area contributed by atoms with E-state index < -0.39 is 10.0 Å². The fourth-order valence-electron chi connectivity index (χ4n) is 4.08. The fourth-order valence-corrected chi connectivity index (χ4v) is 5.75. The lowest BCUT2D eigenvalue weighted by molar-refractivity contribution is -0.135. The van der Waals surface area contributed by atoms with Crippen molar-refractivity contribution in [3.05, 3.63) is 59.2 Å². The van der Waals surface area contributed by atoms with E-state index in [2.05, 4.69) is 0 Å². The van der Waals surface area contributed by atoms with Gasteiger partial charge in [-0.1, -0.05) is 30.3 Å². The summed E-state index contributed by atoms with van der Waals surface area (Å²) in [5, 5.41) is 0. The molecule has 0 N–H and O–H groups in total. The number of methoxy groups -OCH3 is 2. The largest absolute Gasteiger partial charge is 0.493 e. The number of nitrogens with zero attached hydrogens (tertiary/aromatic N) is 2. The smallest absolute Gasteiger partial charge is 0.225 e. The third kappa shape index (κ3) is 5.61. The van der Waals surface area contributed by atoms with Gasteiger partial charge in [-0.15, -0.1) is 0 Å². The van der Waals surface area contributed by atoms with Crippen molar-refractivity contribution in [1.29, 1.82) is 0 Å². The lowest BCUT2D eigenvalue weighted by Crippen LogP contribution is -2.43. The van der Waals surface area contributed by atoms with E-state index in [1.807, 2.05) is 49.4 Å². The minimum atomic E-state index is -3.41. The molecule has 3 rings (SSSR count). The molecule has 0 aliphatic carbocycles. The molecule has 1 saturated heterocycles. The second-order valence-corrected chi connectivity index (χ2v) is 10.2. The van der Waals surface area contributed by atoms with Gasteiger partial charge < -0.3 is 14.4 Å². The Bertz CT molecular complexity index is 1050. The van der Waals surface area contributed by atoms with Crippen LogP contribution < -0.4 is 9.47 Å². The zero-order valence-electron chi connectivity index (χ0n) is 19.2. The highest BCUT2D eigenvalue weighted by atomic mass is 32.2. The van der Waals surface area contributed by atoms with Crippen LogP contribution in [-0.4, -0.2) is 57.9 Å². The molecular weight excluding hydrogens is 428 g/mol. The molecule has 1 aliphatic rings. The number of hydrogen-bond acceptors (Lipinski definition) is 5. The van der Waals surface area contributed by atoms with Crippen LogP contribution >= 0.6 is 0 Å². The van der Waals surface area contributed by atoms with Crippen molar-refractivity contribution in [2.75, 3.05) is 34.4 Å². The van der Waals surface area contributed by atoms with Crippen LogP contribution in [0.15, 0.2) is 42.5 Å². The van der Waals surface area contributed by atoms with E-state index in [-0.39, 0.29) is 17.6 Å². The Morgan fingerprint density at radius 2 is 1.72 bits per heavy atom. The molecule has 1 fully saturated rings. The van der Waals surface area contributed by atoms with Crippen LogP contribution in [0.5, 0.6) is 11.5 Å². The van der Waals surface area contributed by atoms with E-state index in [0.717, 1.165) is 16.7 Å². The zero-order chi connectivity index (χ0) is 23.3. The molecule has 32 heavy (non-hydrogen) atoms. The quantitative estimate of drug-likeness (QED) is 0.605. The number of benzene rings is 2. The van der Waals surface area contributed by atoms with Gasteiger partial charge in [-0.05, 0) is 48.6 Å². The Hall–Kier alpha value is -2.58. The molecule has 0 atom stereocenters. The molecule has 2 aromatic rings. The molecule has 8 heteroatoms. The van der Waals surface area contributed by atoms with E-state index in [0.29, 0.717) is 44.0 Å². The molecule has 2 aromatic carbocycles. The molecule has 0 radical (unpaired) electrons. The minimum absolute atomic E-state index is 0.00249. The highest BCUT2D eigenvalue weighted by Crippen LogP contribution is 2.29. The molecule has 0 saturated carbocycles. The second kappa shape index (κ2) is 10.4. The van der Waals surface area contributed by atoms with E-state index in [4.69, 9.17) is 9.47 Å². The van der Waals surface area contributed by atoms with Crippen LogP contribution in [0.3, 0.4) is 0 Å². The van der Waals surface area contributed by atoms with Crippen molar-refractivity contribution < 1.29 is 22.7 Å². The molecule has 1 aliphatic heterocycles. The molecule has 7 nitrogen and oxygen atoms in total. The number of piperidine rings is 1. The van der Waals surface area contributed by atoms with Crippen molar-refractivity contribution in [3.63, 3.8) is 0 Å². The first kappa shape index (κ1) is 24.1. The normalized spacial score (nSPS) is 15.4. The number of carbonyl (C=O) groups is 1. The van der Waals surface area contributed by atoms with Crippen LogP contribution in [-0.2, 0) is 27.1 Å². The van der Waals surface area contributed by atoms with E-state index in [1.165, 1.54) is 4.31 Å². The summed E-state index contributed by atoms with van der Waals surface area (Å²) in [6.45, 7) is 3.11. The molecule has 0 bridgehead atoms. The van der Waals surface area contributed by atoms with Gasteiger partial charge >= 0.3 is 0 Å². The number of carbonyl (C=O) groups excluding carboxylic acids is 1. The number of hydrogen-bond donors (Lipinski definition) is 0. The van der Waals surface area contributed by atoms with Crippen LogP contribution in [0.1, 0.15) is 29.5 Å². The Kier molecular flexibility index (Phi) is 7.79. The molecule has 0 unspecified atom stereocenters. The van der Waals surface area contributed by atoms with Crippen molar-refractivity contribution in [1.82, 2.24) is 9.21 Å². The average Bonchev–Trinajstić information content (AvgIpc) is 2.80. The predicted molar refractivity (Wildman–Crippen MR) is 124 cm³/mol. The molecule has 1 amide bonds. The van der Waals surface area contributed by atoms with Crippen molar-refractivity contribution in [2.24, 2.45) is 5.92 Å². The monoisotopic (exact) mass is 460 g/mol. The third-order valence-corrected chi connectivity index (χ3v) is 7.87. The number of amides is 1. The summed E-state index contributed by atoms with van der Waals surface area (Å²) in [4.78, 5) is 14.7. The highest BCUT2D eigenvalue weighted by Gasteiger charge is 2.32. The number of aryl methyl sites for hydroxylation is 1. The average molecular weight is 461 g/mol. The SMILES string of the molecule is COc1ccc(CN(C)C(=O)C2CCN(S(=O)(=O)Cc3ccccc3C)CC2)cc1OC. The predicted octanol–water partition coefficient (Wildman–Crippen LogP) is 3.21. The van der Waals surface area contributed by atoms with Gasteiger partial charge in [-0.25, -0.2) is 12.7 Å². The van der Waals surface area contributed by atoms with Gasteiger partial charge in [0, 0.05) is 32.6 Å². The first-order valence-electron chi connectivity index (χ1n) is 10.7. The Morgan fingerprint density at radius 1 is 1.06 bits per heavy atom. The molecule has 174 valence electrons. The lowest BCUT2D eigenvalue weighted by Gasteiger charge is -2.32. The first-order valence-corrected chi connectivity index (χ1v) is 12.3. The van der Waals surface area contributed by atoms with Gasteiger partial charge in [0.2, 0.25) is 15.9 Å². The summed E-state index contributed by atoms with van der Waals surface area (Å²) in [6.07, 6.45) is 1.06. The van der Waals surface area contributed by atoms with Crippen molar-refractivity contribution in [3.8, 4) is 11.5 Å². The highest BCUT2D eigenvalue weighted by molar-refractivity contribution is 7.88. The van der Waals surface area contributed by atoms with E-state index in [9.17, 15) is 13.2 Å². The summed E-state index contributed by atoms with van der Waals surface area (Å²) in [7, 11) is 1.53. The summed E-state index contributed by atoms with van der Waals surface area (Å²) >= 11 is 0. The van der Waals surface area contributed by atoms with Gasteiger partial charge in [0.15, 0.2) is 11.5 Å². The maximum Gasteiger partial charge on any atom is 0.225 e. The van der Waals surface area contributed by atoms with Crippen LogP contribution in [0.25, 0.3) is 0 Å². The summed E-state index contributed by atoms with van der Waals surface area (Å²) in [5.41, 5.74) is 2.73. The topological polar surface area (TPSA) is 76.2 Å². The fraction of sp³-hybridized carbons (Fsp3) is 0.458. The maximum absolute atomic E-state index is 13.0. The Labute approximate surface area is 191 Å².